The molecule has 2 rings (SSSR count). The maximum atomic E-state index is 12.7. The van der Waals surface area contributed by atoms with Crippen molar-refractivity contribution in [3.63, 3.8) is 0 Å². The number of nitrogens with zero attached hydrogens (tertiary/aromatic N) is 1. The van der Waals surface area contributed by atoms with Gasteiger partial charge in [-0.05, 0) is 44.2 Å². The third-order valence-corrected chi connectivity index (χ3v) is 4.46. The van der Waals surface area contributed by atoms with Crippen molar-refractivity contribution in [3.8, 4) is 5.75 Å². The Hall–Kier alpha value is -1.22. The van der Waals surface area contributed by atoms with Crippen LogP contribution in [0.3, 0.4) is 0 Å². The van der Waals surface area contributed by atoms with Gasteiger partial charge in [-0.15, -0.1) is 11.6 Å². The summed E-state index contributed by atoms with van der Waals surface area (Å²) >= 11 is 5.74. The van der Waals surface area contributed by atoms with Gasteiger partial charge in [-0.1, -0.05) is 13.0 Å². The minimum atomic E-state index is -0.192. The zero-order chi connectivity index (χ0) is 15.6. The number of ether oxygens (including phenoxy) is 1. The van der Waals surface area contributed by atoms with Crippen LogP contribution in [0.2, 0.25) is 0 Å². The average molecular weight is 310 g/mol. The Morgan fingerprint density at radius 3 is 2.81 bits per heavy atom. The molecular weight excluding hydrogens is 286 g/mol. The van der Waals surface area contributed by atoms with Crippen molar-refractivity contribution in [2.75, 3.05) is 17.9 Å². The maximum absolute atomic E-state index is 12.7. The van der Waals surface area contributed by atoms with E-state index in [4.69, 9.17) is 16.3 Å². The lowest BCUT2D eigenvalue weighted by Crippen LogP contribution is -2.51. The molecule has 0 unspecified atom stereocenters. The van der Waals surface area contributed by atoms with E-state index in [0.717, 1.165) is 17.9 Å². The molecule has 1 aromatic rings. The number of alkyl halides is 1. The number of amides is 1. The monoisotopic (exact) mass is 309 g/mol. The van der Waals surface area contributed by atoms with Gasteiger partial charge in [0.1, 0.15) is 5.75 Å². The molecule has 116 valence electrons. The van der Waals surface area contributed by atoms with Gasteiger partial charge < -0.3 is 9.64 Å². The maximum Gasteiger partial charge on any atom is 0.227 e. The van der Waals surface area contributed by atoms with Gasteiger partial charge in [0.15, 0.2) is 0 Å². The van der Waals surface area contributed by atoms with Crippen LogP contribution in [-0.2, 0) is 4.79 Å². The summed E-state index contributed by atoms with van der Waals surface area (Å²) < 4.78 is 5.33. The summed E-state index contributed by atoms with van der Waals surface area (Å²) in [5.74, 6) is 1.87. The van der Waals surface area contributed by atoms with Crippen LogP contribution >= 0.6 is 11.6 Å². The molecule has 1 aliphatic heterocycles. The summed E-state index contributed by atoms with van der Waals surface area (Å²) in [6, 6.07) is 6.02. The predicted molar refractivity (Wildman–Crippen MR) is 87.5 cm³/mol. The number of anilines is 1. The van der Waals surface area contributed by atoms with Crippen LogP contribution in [0.15, 0.2) is 18.2 Å². The van der Waals surface area contributed by atoms with Crippen molar-refractivity contribution < 1.29 is 9.53 Å². The van der Waals surface area contributed by atoms with E-state index in [1.165, 1.54) is 5.56 Å². The second-order valence-electron chi connectivity index (χ2n) is 6.36. The molecular formula is C17H24ClNO2. The number of carbonyl (C=O) groups is 1. The van der Waals surface area contributed by atoms with E-state index in [-0.39, 0.29) is 11.4 Å². The van der Waals surface area contributed by atoms with Crippen molar-refractivity contribution in [1.29, 1.82) is 0 Å². The molecule has 3 nitrogen and oxygen atoms in total. The second kappa shape index (κ2) is 6.27. The first-order valence-electron chi connectivity index (χ1n) is 7.47. The Bertz CT molecular complexity index is 528. The fourth-order valence-electron chi connectivity index (χ4n) is 3.34. The quantitative estimate of drug-likeness (QED) is 0.775. The topological polar surface area (TPSA) is 29.5 Å². The predicted octanol–water partition coefficient (Wildman–Crippen LogP) is 4.33. The van der Waals surface area contributed by atoms with Gasteiger partial charge in [0, 0.05) is 23.9 Å². The molecule has 0 N–H and O–H groups in total. The molecule has 0 aliphatic carbocycles. The van der Waals surface area contributed by atoms with Gasteiger partial charge in [0.2, 0.25) is 5.91 Å². The zero-order valence-electron chi connectivity index (χ0n) is 13.3. The third kappa shape index (κ3) is 3.18. The standard InChI is InChI=1S/C17H24ClNO2/c1-12-11-17(2,3)19(16(20)6-5-9-18)15-10-13(21-4)7-8-14(12)15/h7-8,10,12H,5-6,9,11H2,1-4H3/t12-/m0/s1. The highest BCUT2D eigenvalue weighted by atomic mass is 35.5. The van der Waals surface area contributed by atoms with Crippen LogP contribution < -0.4 is 9.64 Å². The van der Waals surface area contributed by atoms with Crippen molar-refractivity contribution in [2.24, 2.45) is 0 Å². The number of carbonyl (C=O) groups excluding carboxylic acids is 1. The fourth-order valence-corrected chi connectivity index (χ4v) is 3.47. The highest BCUT2D eigenvalue weighted by Crippen LogP contribution is 2.44. The van der Waals surface area contributed by atoms with E-state index in [1.54, 1.807) is 7.11 Å². The lowest BCUT2D eigenvalue weighted by atomic mass is 9.80. The molecule has 1 aliphatic rings. The fraction of sp³-hybridized carbons (Fsp3) is 0.588. The number of hydrogen-bond acceptors (Lipinski definition) is 2. The lowest BCUT2D eigenvalue weighted by Gasteiger charge is -2.46. The highest BCUT2D eigenvalue weighted by Gasteiger charge is 2.39. The van der Waals surface area contributed by atoms with Crippen LogP contribution in [0.1, 0.15) is 51.5 Å². The average Bonchev–Trinajstić information content (AvgIpc) is 2.43. The number of halogens is 1. The molecule has 4 heteroatoms. The van der Waals surface area contributed by atoms with Gasteiger partial charge in [-0.2, -0.15) is 0 Å². The number of hydrogen-bond donors (Lipinski definition) is 0. The Morgan fingerprint density at radius 2 is 2.19 bits per heavy atom. The van der Waals surface area contributed by atoms with Crippen LogP contribution in [-0.4, -0.2) is 24.4 Å². The molecule has 0 saturated heterocycles. The van der Waals surface area contributed by atoms with E-state index in [1.807, 2.05) is 17.0 Å². The van der Waals surface area contributed by atoms with E-state index < -0.39 is 0 Å². The first-order chi connectivity index (χ1) is 9.90. The van der Waals surface area contributed by atoms with E-state index in [2.05, 4.69) is 26.8 Å². The van der Waals surface area contributed by atoms with Crippen molar-refractivity contribution in [3.05, 3.63) is 23.8 Å². The molecule has 1 atom stereocenters. The molecule has 0 radical (unpaired) electrons. The van der Waals surface area contributed by atoms with Crippen LogP contribution in [0, 0.1) is 0 Å². The van der Waals surface area contributed by atoms with Crippen molar-refractivity contribution in [1.82, 2.24) is 0 Å². The Kier molecular flexibility index (Phi) is 4.82. The summed E-state index contributed by atoms with van der Waals surface area (Å²) in [4.78, 5) is 14.6. The van der Waals surface area contributed by atoms with Crippen LogP contribution in [0.4, 0.5) is 5.69 Å². The molecule has 0 aromatic heterocycles. The SMILES string of the molecule is COc1ccc2c(c1)N(C(=O)CCCCl)C(C)(C)C[C@@H]2C. The van der Waals surface area contributed by atoms with Crippen molar-refractivity contribution >= 4 is 23.2 Å². The summed E-state index contributed by atoms with van der Waals surface area (Å²) in [6.45, 7) is 6.47. The summed E-state index contributed by atoms with van der Waals surface area (Å²) in [7, 11) is 1.65. The minimum absolute atomic E-state index is 0.141. The largest absolute Gasteiger partial charge is 0.497 e. The summed E-state index contributed by atoms with van der Waals surface area (Å²) in [5, 5.41) is 0. The molecule has 1 amide bonds. The van der Waals surface area contributed by atoms with Crippen LogP contribution in [0.25, 0.3) is 0 Å². The van der Waals surface area contributed by atoms with Gasteiger partial charge in [0.05, 0.1) is 12.8 Å². The van der Waals surface area contributed by atoms with Gasteiger partial charge in [-0.25, -0.2) is 0 Å². The number of methoxy groups -OCH3 is 1. The lowest BCUT2D eigenvalue weighted by molar-refractivity contribution is -0.119. The molecule has 1 aromatic carbocycles. The smallest absolute Gasteiger partial charge is 0.227 e. The number of benzene rings is 1. The van der Waals surface area contributed by atoms with Crippen LogP contribution in [0.5, 0.6) is 5.75 Å². The third-order valence-electron chi connectivity index (χ3n) is 4.19. The summed E-state index contributed by atoms with van der Waals surface area (Å²) in [5.41, 5.74) is 2.01. The minimum Gasteiger partial charge on any atom is -0.497 e. The van der Waals surface area contributed by atoms with Gasteiger partial charge in [0.25, 0.3) is 0 Å². The first kappa shape index (κ1) is 16.2. The number of fused-ring (bicyclic) bond motifs is 1. The van der Waals surface area contributed by atoms with Gasteiger partial charge >= 0.3 is 0 Å². The Balaban J connectivity index is 2.46. The normalized spacial score (nSPS) is 20.0. The van der Waals surface area contributed by atoms with E-state index in [0.29, 0.717) is 24.6 Å². The molecule has 0 fully saturated rings. The Labute approximate surface area is 132 Å². The second-order valence-corrected chi connectivity index (χ2v) is 6.74. The first-order valence-corrected chi connectivity index (χ1v) is 8.01. The number of rotatable bonds is 4. The molecule has 1 heterocycles. The molecule has 0 bridgehead atoms. The zero-order valence-corrected chi connectivity index (χ0v) is 14.0. The molecule has 0 spiro atoms. The Morgan fingerprint density at radius 1 is 1.48 bits per heavy atom. The van der Waals surface area contributed by atoms with E-state index >= 15 is 0 Å². The van der Waals surface area contributed by atoms with Gasteiger partial charge in [-0.3, -0.25) is 4.79 Å². The molecule has 0 saturated carbocycles. The van der Waals surface area contributed by atoms with E-state index in [9.17, 15) is 4.79 Å². The van der Waals surface area contributed by atoms with Crippen molar-refractivity contribution in [2.45, 2.75) is 51.5 Å². The summed E-state index contributed by atoms with van der Waals surface area (Å²) in [6.07, 6.45) is 2.15. The molecule has 21 heavy (non-hydrogen) atoms. The highest BCUT2D eigenvalue weighted by molar-refractivity contribution is 6.18.